The SMILES string of the molecule is Cc1cc(CC(=O)CSCC(C)C)n(C)n1. The zero-order valence-corrected chi connectivity index (χ0v) is 11.3. The second-order valence-electron chi connectivity index (χ2n) is 4.53. The molecule has 0 amide bonds. The van der Waals surface area contributed by atoms with Gasteiger partial charge in [0.1, 0.15) is 5.78 Å². The average Bonchev–Trinajstić information content (AvgIpc) is 2.44. The minimum absolute atomic E-state index is 0.286. The minimum atomic E-state index is 0.286. The van der Waals surface area contributed by atoms with E-state index < -0.39 is 0 Å². The van der Waals surface area contributed by atoms with Crippen molar-refractivity contribution in [2.24, 2.45) is 13.0 Å². The Balaban J connectivity index is 2.37. The summed E-state index contributed by atoms with van der Waals surface area (Å²) in [6, 6.07) is 1.98. The Morgan fingerprint density at radius 3 is 2.75 bits per heavy atom. The molecular formula is C12H20N2OS. The predicted octanol–water partition coefficient (Wildman–Crippen LogP) is 2.23. The van der Waals surface area contributed by atoms with E-state index in [9.17, 15) is 4.79 Å². The van der Waals surface area contributed by atoms with Crippen LogP contribution in [0.25, 0.3) is 0 Å². The smallest absolute Gasteiger partial charge is 0.148 e. The zero-order valence-electron chi connectivity index (χ0n) is 10.5. The van der Waals surface area contributed by atoms with Gasteiger partial charge < -0.3 is 0 Å². The second kappa shape index (κ2) is 6.09. The molecule has 0 aliphatic rings. The molecule has 0 saturated heterocycles. The summed E-state index contributed by atoms with van der Waals surface area (Å²) in [5, 5.41) is 4.23. The Morgan fingerprint density at radius 2 is 2.25 bits per heavy atom. The topological polar surface area (TPSA) is 34.9 Å². The first-order chi connectivity index (χ1) is 7.49. The molecule has 0 saturated carbocycles. The predicted molar refractivity (Wildman–Crippen MR) is 68.8 cm³/mol. The maximum Gasteiger partial charge on any atom is 0.148 e. The van der Waals surface area contributed by atoms with Crippen molar-refractivity contribution >= 4 is 17.5 Å². The number of rotatable bonds is 6. The van der Waals surface area contributed by atoms with Crippen molar-refractivity contribution < 1.29 is 4.79 Å². The Kier molecular flexibility index (Phi) is 5.06. The Bertz CT molecular complexity index is 358. The van der Waals surface area contributed by atoms with E-state index in [2.05, 4.69) is 18.9 Å². The number of thioether (sulfide) groups is 1. The number of ketones is 1. The van der Waals surface area contributed by atoms with E-state index in [1.54, 1.807) is 16.4 Å². The van der Waals surface area contributed by atoms with Gasteiger partial charge in [0.05, 0.1) is 11.4 Å². The number of carbonyl (C=O) groups is 1. The number of aromatic nitrogens is 2. The molecule has 1 rings (SSSR count). The van der Waals surface area contributed by atoms with Crippen LogP contribution in [0.4, 0.5) is 0 Å². The molecule has 90 valence electrons. The summed E-state index contributed by atoms with van der Waals surface area (Å²) in [5.41, 5.74) is 1.98. The Morgan fingerprint density at radius 1 is 1.56 bits per heavy atom. The first-order valence-corrected chi connectivity index (χ1v) is 6.73. The summed E-state index contributed by atoms with van der Waals surface area (Å²) in [5.74, 6) is 2.60. The van der Waals surface area contributed by atoms with Crippen LogP contribution < -0.4 is 0 Å². The number of hydrogen-bond donors (Lipinski definition) is 0. The molecule has 1 aromatic heterocycles. The highest BCUT2D eigenvalue weighted by Crippen LogP contribution is 2.10. The van der Waals surface area contributed by atoms with E-state index >= 15 is 0 Å². The molecule has 16 heavy (non-hydrogen) atoms. The molecule has 1 heterocycles. The van der Waals surface area contributed by atoms with Gasteiger partial charge >= 0.3 is 0 Å². The molecule has 0 radical (unpaired) electrons. The maximum atomic E-state index is 11.7. The van der Waals surface area contributed by atoms with Gasteiger partial charge in [-0.15, -0.1) is 0 Å². The van der Waals surface area contributed by atoms with Crippen LogP contribution in [0.1, 0.15) is 25.2 Å². The minimum Gasteiger partial charge on any atom is -0.298 e. The standard InChI is InChI=1S/C12H20N2OS/c1-9(2)7-16-8-12(15)6-11-5-10(3)13-14(11)4/h5,9H,6-8H2,1-4H3. The summed E-state index contributed by atoms with van der Waals surface area (Å²) in [6.07, 6.45) is 0.502. The number of Topliss-reactive ketones (excluding diaryl/α,β-unsaturated/α-hetero) is 1. The second-order valence-corrected chi connectivity index (χ2v) is 5.56. The van der Waals surface area contributed by atoms with Crippen molar-refractivity contribution in [3.63, 3.8) is 0 Å². The van der Waals surface area contributed by atoms with Crippen molar-refractivity contribution in [2.45, 2.75) is 27.2 Å². The van der Waals surface area contributed by atoms with Crippen molar-refractivity contribution in [3.05, 3.63) is 17.5 Å². The molecule has 0 unspecified atom stereocenters. The molecule has 0 aliphatic carbocycles. The van der Waals surface area contributed by atoms with Gasteiger partial charge in [0, 0.05) is 19.2 Å². The summed E-state index contributed by atoms with van der Waals surface area (Å²) in [7, 11) is 1.89. The summed E-state index contributed by atoms with van der Waals surface area (Å²) < 4.78 is 1.79. The van der Waals surface area contributed by atoms with Crippen molar-refractivity contribution in [2.75, 3.05) is 11.5 Å². The molecule has 0 bridgehead atoms. The van der Waals surface area contributed by atoms with Crippen LogP contribution in [-0.4, -0.2) is 27.1 Å². The van der Waals surface area contributed by atoms with Gasteiger partial charge in [0.25, 0.3) is 0 Å². The molecule has 0 N–H and O–H groups in total. The van der Waals surface area contributed by atoms with E-state index in [4.69, 9.17) is 0 Å². The van der Waals surface area contributed by atoms with Crippen LogP contribution >= 0.6 is 11.8 Å². The zero-order chi connectivity index (χ0) is 12.1. The third-order valence-electron chi connectivity index (χ3n) is 2.19. The lowest BCUT2D eigenvalue weighted by atomic mass is 10.2. The molecule has 0 fully saturated rings. The van der Waals surface area contributed by atoms with Crippen LogP contribution in [0.5, 0.6) is 0 Å². The quantitative estimate of drug-likeness (QED) is 0.765. The molecule has 0 atom stereocenters. The van der Waals surface area contributed by atoms with Crippen molar-refractivity contribution in [1.82, 2.24) is 9.78 Å². The molecule has 3 nitrogen and oxygen atoms in total. The van der Waals surface area contributed by atoms with Gasteiger partial charge in [-0.1, -0.05) is 13.8 Å². The Labute approximate surface area is 102 Å². The van der Waals surface area contributed by atoms with Gasteiger partial charge in [-0.05, 0) is 24.7 Å². The monoisotopic (exact) mass is 240 g/mol. The van der Waals surface area contributed by atoms with E-state index in [1.165, 1.54) is 0 Å². The number of nitrogens with zero attached hydrogens (tertiary/aromatic N) is 2. The third-order valence-corrected chi connectivity index (χ3v) is 3.62. The lowest BCUT2D eigenvalue weighted by Crippen LogP contribution is -2.10. The van der Waals surface area contributed by atoms with Gasteiger partial charge in [-0.25, -0.2) is 0 Å². The number of aryl methyl sites for hydroxylation is 2. The van der Waals surface area contributed by atoms with Crippen LogP contribution in [0, 0.1) is 12.8 Å². The lowest BCUT2D eigenvalue weighted by Gasteiger charge is -2.04. The van der Waals surface area contributed by atoms with Gasteiger partial charge in [0.15, 0.2) is 0 Å². The Hall–Kier alpha value is -0.770. The van der Waals surface area contributed by atoms with E-state index in [1.807, 2.05) is 20.0 Å². The fourth-order valence-corrected chi connectivity index (χ4v) is 2.41. The first-order valence-electron chi connectivity index (χ1n) is 5.58. The van der Waals surface area contributed by atoms with Crippen LogP contribution in [-0.2, 0) is 18.3 Å². The van der Waals surface area contributed by atoms with Crippen molar-refractivity contribution in [1.29, 1.82) is 0 Å². The van der Waals surface area contributed by atoms with Gasteiger partial charge in [-0.3, -0.25) is 9.48 Å². The number of hydrogen-bond acceptors (Lipinski definition) is 3. The fourth-order valence-electron chi connectivity index (χ4n) is 1.49. The van der Waals surface area contributed by atoms with Gasteiger partial charge in [-0.2, -0.15) is 16.9 Å². The van der Waals surface area contributed by atoms with Crippen LogP contribution in [0.3, 0.4) is 0 Å². The van der Waals surface area contributed by atoms with Gasteiger partial charge in [0.2, 0.25) is 0 Å². The van der Waals surface area contributed by atoms with E-state index in [0.29, 0.717) is 18.1 Å². The fraction of sp³-hybridized carbons (Fsp3) is 0.667. The molecule has 0 aliphatic heterocycles. The van der Waals surface area contributed by atoms with E-state index in [-0.39, 0.29) is 5.78 Å². The number of carbonyl (C=O) groups excluding carboxylic acids is 1. The molecule has 1 aromatic rings. The molecule has 0 aromatic carbocycles. The molecule has 4 heteroatoms. The molecular weight excluding hydrogens is 220 g/mol. The summed E-state index contributed by atoms with van der Waals surface area (Å²) in [6.45, 7) is 6.28. The van der Waals surface area contributed by atoms with Crippen LogP contribution in [0.2, 0.25) is 0 Å². The lowest BCUT2D eigenvalue weighted by molar-refractivity contribution is -0.116. The van der Waals surface area contributed by atoms with Crippen molar-refractivity contribution in [3.8, 4) is 0 Å². The highest BCUT2D eigenvalue weighted by molar-refractivity contribution is 7.99. The van der Waals surface area contributed by atoms with Crippen LogP contribution in [0.15, 0.2) is 6.07 Å². The highest BCUT2D eigenvalue weighted by Gasteiger charge is 2.08. The van der Waals surface area contributed by atoms with E-state index in [0.717, 1.165) is 17.1 Å². The maximum absolute atomic E-state index is 11.7. The normalized spacial score (nSPS) is 11.1. The highest BCUT2D eigenvalue weighted by atomic mass is 32.2. The molecule has 0 spiro atoms. The first kappa shape index (κ1) is 13.3. The third kappa shape index (κ3) is 4.39. The summed E-state index contributed by atoms with van der Waals surface area (Å²) in [4.78, 5) is 11.7. The largest absolute Gasteiger partial charge is 0.298 e. The average molecular weight is 240 g/mol. The summed E-state index contributed by atoms with van der Waals surface area (Å²) >= 11 is 1.72.